The molecule has 18 heavy (non-hydrogen) atoms. The molecule has 100 valence electrons. The molecular formula is C14H23N3O. The number of nitriles is 1. The largest absolute Gasteiger partial charge is 0.352 e. The van der Waals surface area contributed by atoms with E-state index in [1.165, 1.54) is 6.42 Å². The number of nitrogens with zero attached hydrogens (tertiary/aromatic N) is 2. The van der Waals surface area contributed by atoms with Crippen molar-refractivity contribution >= 4 is 5.91 Å². The normalized spacial score (nSPS) is 37.2. The fourth-order valence-corrected chi connectivity index (χ4v) is 3.40. The van der Waals surface area contributed by atoms with Gasteiger partial charge in [-0.25, -0.2) is 0 Å². The SMILES string of the molecule is CC(=O)NC1CCN(C2CC(C)CCC2C#N)C1. The van der Waals surface area contributed by atoms with Gasteiger partial charge in [0.1, 0.15) is 0 Å². The molecule has 1 aliphatic heterocycles. The quantitative estimate of drug-likeness (QED) is 0.807. The smallest absolute Gasteiger partial charge is 0.217 e. The van der Waals surface area contributed by atoms with Gasteiger partial charge in [-0.05, 0) is 31.6 Å². The van der Waals surface area contributed by atoms with Crippen LogP contribution in [-0.4, -0.2) is 36.0 Å². The van der Waals surface area contributed by atoms with Gasteiger partial charge in [0.05, 0.1) is 12.0 Å². The minimum absolute atomic E-state index is 0.0516. The summed E-state index contributed by atoms with van der Waals surface area (Å²) in [6, 6.07) is 3.16. The molecule has 1 N–H and O–H groups in total. The van der Waals surface area contributed by atoms with Crippen molar-refractivity contribution in [2.24, 2.45) is 11.8 Å². The zero-order valence-electron chi connectivity index (χ0n) is 11.4. The van der Waals surface area contributed by atoms with Crippen molar-refractivity contribution in [3.05, 3.63) is 0 Å². The van der Waals surface area contributed by atoms with E-state index in [1.54, 1.807) is 6.92 Å². The van der Waals surface area contributed by atoms with E-state index in [0.717, 1.165) is 38.3 Å². The number of hydrogen-bond acceptors (Lipinski definition) is 3. The van der Waals surface area contributed by atoms with Crippen molar-refractivity contribution in [1.82, 2.24) is 10.2 Å². The van der Waals surface area contributed by atoms with Crippen LogP contribution in [0.25, 0.3) is 0 Å². The average molecular weight is 249 g/mol. The van der Waals surface area contributed by atoms with E-state index < -0.39 is 0 Å². The Balaban J connectivity index is 1.94. The highest BCUT2D eigenvalue weighted by Gasteiger charge is 2.36. The first kappa shape index (κ1) is 13.4. The van der Waals surface area contributed by atoms with Gasteiger partial charge in [0.25, 0.3) is 0 Å². The second kappa shape index (κ2) is 5.71. The molecule has 0 bridgehead atoms. The first-order chi connectivity index (χ1) is 8.60. The van der Waals surface area contributed by atoms with Gasteiger partial charge in [-0.3, -0.25) is 9.69 Å². The Morgan fingerprint density at radius 3 is 2.83 bits per heavy atom. The van der Waals surface area contributed by atoms with E-state index in [9.17, 15) is 10.1 Å². The fraction of sp³-hybridized carbons (Fsp3) is 0.857. The molecule has 4 unspecified atom stereocenters. The van der Waals surface area contributed by atoms with Crippen LogP contribution in [0.2, 0.25) is 0 Å². The molecule has 0 aromatic carbocycles. The summed E-state index contributed by atoms with van der Waals surface area (Å²) in [6.07, 6.45) is 4.36. The Hall–Kier alpha value is -1.08. The molecular weight excluding hydrogens is 226 g/mol. The Kier molecular flexibility index (Phi) is 4.23. The van der Waals surface area contributed by atoms with Crippen LogP contribution in [0.4, 0.5) is 0 Å². The van der Waals surface area contributed by atoms with Crippen LogP contribution in [-0.2, 0) is 4.79 Å². The third-order valence-corrected chi connectivity index (χ3v) is 4.34. The molecule has 1 heterocycles. The number of carbonyl (C=O) groups is 1. The zero-order valence-corrected chi connectivity index (χ0v) is 11.4. The highest BCUT2D eigenvalue weighted by molar-refractivity contribution is 5.73. The lowest BCUT2D eigenvalue weighted by Crippen LogP contribution is -2.44. The number of nitrogens with one attached hydrogen (secondary N) is 1. The molecule has 2 rings (SSSR count). The Labute approximate surface area is 109 Å². The molecule has 4 nitrogen and oxygen atoms in total. The van der Waals surface area contributed by atoms with Crippen molar-refractivity contribution < 1.29 is 4.79 Å². The lowest BCUT2D eigenvalue weighted by atomic mass is 9.79. The fourth-order valence-electron chi connectivity index (χ4n) is 3.40. The standard InChI is InChI=1S/C14H23N3O/c1-10-3-4-12(8-15)14(7-10)17-6-5-13(9-17)16-11(2)18/h10,12-14H,3-7,9H2,1-2H3,(H,16,18). The zero-order chi connectivity index (χ0) is 13.1. The number of likely N-dealkylation sites (tertiary alicyclic amines) is 1. The van der Waals surface area contributed by atoms with E-state index in [0.29, 0.717) is 6.04 Å². The molecule has 1 saturated heterocycles. The van der Waals surface area contributed by atoms with Gasteiger partial charge in [0.2, 0.25) is 5.91 Å². The summed E-state index contributed by atoms with van der Waals surface area (Å²) in [5.41, 5.74) is 0. The van der Waals surface area contributed by atoms with Crippen molar-refractivity contribution in [2.45, 2.75) is 51.6 Å². The van der Waals surface area contributed by atoms with Gasteiger partial charge < -0.3 is 5.32 Å². The second-order valence-electron chi connectivity index (χ2n) is 5.90. The van der Waals surface area contributed by atoms with Gasteiger partial charge >= 0.3 is 0 Å². The first-order valence-corrected chi connectivity index (χ1v) is 7.01. The lowest BCUT2D eigenvalue weighted by Gasteiger charge is -2.37. The van der Waals surface area contributed by atoms with Gasteiger partial charge in [-0.15, -0.1) is 0 Å². The molecule has 1 amide bonds. The van der Waals surface area contributed by atoms with Crippen LogP contribution >= 0.6 is 0 Å². The predicted molar refractivity (Wildman–Crippen MR) is 69.7 cm³/mol. The van der Waals surface area contributed by atoms with Crippen LogP contribution < -0.4 is 5.32 Å². The van der Waals surface area contributed by atoms with Crippen LogP contribution in [0.1, 0.15) is 39.5 Å². The van der Waals surface area contributed by atoms with Crippen molar-refractivity contribution in [1.29, 1.82) is 5.26 Å². The first-order valence-electron chi connectivity index (χ1n) is 7.01. The Bertz CT molecular complexity index is 349. The van der Waals surface area contributed by atoms with E-state index in [4.69, 9.17) is 0 Å². The minimum Gasteiger partial charge on any atom is -0.352 e. The average Bonchev–Trinajstić information content (AvgIpc) is 2.76. The summed E-state index contributed by atoms with van der Waals surface area (Å²) in [6.45, 7) is 5.78. The number of hydrogen-bond donors (Lipinski definition) is 1. The van der Waals surface area contributed by atoms with Crippen molar-refractivity contribution in [3.63, 3.8) is 0 Å². The molecule has 4 atom stereocenters. The second-order valence-corrected chi connectivity index (χ2v) is 5.90. The number of carbonyl (C=O) groups excluding carboxylic acids is 1. The van der Waals surface area contributed by atoms with Crippen LogP contribution in [0, 0.1) is 23.2 Å². The molecule has 0 aromatic heterocycles. The van der Waals surface area contributed by atoms with Crippen LogP contribution in [0.3, 0.4) is 0 Å². The maximum Gasteiger partial charge on any atom is 0.217 e. The maximum atomic E-state index is 11.1. The number of rotatable bonds is 2. The van der Waals surface area contributed by atoms with E-state index in [1.807, 2.05) is 0 Å². The molecule has 2 fully saturated rings. The summed E-state index contributed by atoms with van der Waals surface area (Å²) in [5, 5.41) is 12.3. The third-order valence-electron chi connectivity index (χ3n) is 4.34. The van der Waals surface area contributed by atoms with Crippen molar-refractivity contribution in [3.8, 4) is 6.07 Å². The summed E-state index contributed by atoms with van der Waals surface area (Å²) in [4.78, 5) is 13.5. The molecule has 0 spiro atoms. The monoisotopic (exact) mass is 249 g/mol. The highest BCUT2D eigenvalue weighted by Crippen LogP contribution is 2.33. The molecule has 0 radical (unpaired) electrons. The number of amides is 1. The molecule has 1 saturated carbocycles. The Morgan fingerprint density at radius 1 is 1.39 bits per heavy atom. The van der Waals surface area contributed by atoms with E-state index in [-0.39, 0.29) is 17.9 Å². The van der Waals surface area contributed by atoms with Gasteiger partial charge in [-0.1, -0.05) is 6.92 Å². The van der Waals surface area contributed by atoms with Crippen molar-refractivity contribution in [2.75, 3.05) is 13.1 Å². The summed E-state index contributed by atoms with van der Waals surface area (Å²) in [5.74, 6) is 0.951. The lowest BCUT2D eigenvalue weighted by molar-refractivity contribution is -0.119. The molecule has 4 heteroatoms. The maximum absolute atomic E-state index is 11.1. The Morgan fingerprint density at radius 2 is 2.17 bits per heavy atom. The summed E-state index contributed by atoms with van der Waals surface area (Å²) < 4.78 is 0. The van der Waals surface area contributed by atoms with Gasteiger partial charge in [0.15, 0.2) is 0 Å². The van der Waals surface area contributed by atoms with Crippen LogP contribution in [0.15, 0.2) is 0 Å². The van der Waals surface area contributed by atoms with Gasteiger partial charge in [-0.2, -0.15) is 5.26 Å². The predicted octanol–water partition coefficient (Wildman–Crippen LogP) is 1.53. The highest BCUT2D eigenvalue weighted by atomic mass is 16.1. The molecule has 1 aliphatic carbocycles. The summed E-state index contributed by atoms with van der Waals surface area (Å²) >= 11 is 0. The molecule has 0 aromatic rings. The van der Waals surface area contributed by atoms with Crippen LogP contribution in [0.5, 0.6) is 0 Å². The minimum atomic E-state index is 0.0516. The topological polar surface area (TPSA) is 56.1 Å². The van der Waals surface area contributed by atoms with Gasteiger partial charge in [0, 0.05) is 32.1 Å². The molecule has 2 aliphatic rings. The van der Waals surface area contributed by atoms with E-state index in [2.05, 4.69) is 23.2 Å². The third kappa shape index (κ3) is 3.02. The van der Waals surface area contributed by atoms with E-state index >= 15 is 0 Å². The summed E-state index contributed by atoms with van der Waals surface area (Å²) in [7, 11) is 0.